The van der Waals surface area contributed by atoms with E-state index in [2.05, 4.69) is 43.2 Å². The fourth-order valence-electron chi connectivity index (χ4n) is 3.05. The van der Waals surface area contributed by atoms with Gasteiger partial charge in [-0.3, -0.25) is 9.59 Å². The minimum Gasteiger partial charge on any atom is -0.391 e. The number of aliphatic hydroxyl groups is 1. The van der Waals surface area contributed by atoms with E-state index >= 15 is 0 Å². The Balaban J connectivity index is 0. The van der Waals surface area contributed by atoms with Crippen LogP contribution in [0.1, 0.15) is 58.2 Å². The van der Waals surface area contributed by atoms with Gasteiger partial charge in [0.1, 0.15) is 6.29 Å². The van der Waals surface area contributed by atoms with E-state index in [1.807, 2.05) is 31.5 Å². The van der Waals surface area contributed by atoms with Crippen LogP contribution in [-0.4, -0.2) is 52.8 Å². The smallest absolute Gasteiger partial charge is 0.391 e. The fourth-order valence-corrected chi connectivity index (χ4v) is 3.86. The third-order valence-electron chi connectivity index (χ3n) is 4.72. The summed E-state index contributed by atoms with van der Waals surface area (Å²) in [4.78, 5) is 38.1. The number of thiazole rings is 1. The van der Waals surface area contributed by atoms with E-state index in [1.54, 1.807) is 16.2 Å². The van der Waals surface area contributed by atoms with Crippen molar-refractivity contribution in [1.29, 1.82) is 0 Å². The molecule has 1 atom stereocenters. The Labute approximate surface area is 257 Å². The summed E-state index contributed by atoms with van der Waals surface area (Å²) in [5, 5.41) is 11.9. The minimum absolute atomic E-state index is 0. The molecule has 2 aromatic rings. The molecule has 1 fully saturated rings. The number of β-amino-alcohol motifs (C(OH)–C–C–N with tert-alkyl or cyclic N) is 1. The van der Waals surface area contributed by atoms with Crippen molar-refractivity contribution in [3.63, 3.8) is 0 Å². The third kappa shape index (κ3) is 15.0. The average Bonchev–Trinajstić information content (AvgIpc) is 3.40. The number of nitrogens with one attached hydrogen (secondary N) is 1. The second-order valence-electron chi connectivity index (χ2n) is 9.06. The minimum atomic E-state index is -0.302. The van der Waals surface area contributed by atoms with E-state index in [1.165, 1.54) is 10.4 Å². The molecule has 0 radical (unpaired) electrons. The monoisotopic (exact) mass is 529 g/mol. The Kier molecular flexibility index (Phi) is 19.9. The number of aldehydes is 1. The predicted molar refractivity (Wildman–Crippen MR) is 139 cm³/mol. The maximum atomic E-state index is 11.6. The van der Waals surface area contributed by atoms with Crippen molar-refractivity contribution < 1.29 is 70.9 Å². The molecule has 1 aromatic carbocycles. The largest absolute Gasteiger partial charge is 1.00 e. The number of rotatable bonds is 6. The van der Waals surface area contributed by atoms with Crippen molar-refractivity contribution in [2.75, 3.05) is 13.1 Å². The normalized spacial score (nSPS) is 14.1. The molecule has 1 aliphatic heterocycles. The number of nitrogens with zero attached hydrogens (tertiary/aromatic N) is 2. The van der Waals surface area contributed by atoms with Crippen molar-refractivity contribution >= 4 is 29.9 Å². The molecule has 0 saturated carbocycles. The molecular weight excluding hydrogens is 489 g/mol. The fraction of sp³-hybridized carbons (Fsp3) is 0.500. The molecule has 1 aromatic heterocycles. The molecule has 0 spiro atoms. The first-order valence-electron chi connectivity index (χ1n) is 11.2. The zero-order valence-corrected chi connectivity index (χ0v) is 26.3. The summed E-state index contributed by atoms with van der Waals surface area (Å²) in [5.41, 5.74) is 5.23. The molecule has 35 heavy (non-hydrogen) atoms. The van der Waals surface area contributed by atoms with Gasteiger partial charge in [-0.05, 0) is 29.9 Å². The molecule has 1 unspecified atom stereocenters. The number of hydrogen-bond acceptors (Lipinski definition) is 6. The zero-order valence-electron chi connectivity index (χ0n) is 22.3. The van der Waals surface area contributed by atoms with Gasteiger partial charge in [0.05, 0.1) is 22.2 Å². The van der Waals surface area contributed by atoms with Crippen molar-refractivity contribution in [2.45, 2.75) is 66.5 Å². The molecule has 7 nitrogen and oxygen atoms in total. The van der Waals surface area contributed by atoms with Crippen LogP contribution in [0.3, 0.4) is 0 Å². The van der Waals surface area contributed by atoms with Gasteiger partial charge in [0, 0.05) is 32.5 Å². The molecule has 1 aliphatic rings. The number of carbonyl (C=O) groups excluding carboxylic acids is 3. The van der Waals surface area contributed by atoms with Crippen molar-refractivity contribution in [1.82, 2.24) is 15.2 Å². The number of amides is 2. The van der Waals surface area contributed by atoms with E-state index in [9.17, 15) is 19.5 Å². The quantitative estimate of drug-likeness (QED) is 0.335. The maximum absolute atomic E-state index is 11.6. The van der Waals surface area contributed by atoms with E-state index in [4.69, 9.17) is 0 Å². The van der Waals surface area contributed by atoms with E-state index in [0.29, 0.717) is 32.3 Å². The first-order valence-corrected chi connectivity index (χ1v) is 12.0. The summed E-state index contributed by atoms with van der Waals surface area (Å²) >= 11 is 1.64. The van der Waals surface area contributed by atoms with Gasteiger partial charge >= 0.3 is 51.4 Å². The summed E-state index contributed by atoms with van der Waals surface area (Å²) in [6, 6.07) is 8.15. The van der Waals surface area contributed by atoms with E-state index in [-0.39, 0.29) is 76.2 Å². The van der Waals surface area contributed by atoms with Gasteiger partial charge in [-0.15, -0.1) is 11.3 Å². The number of likely N-dealkylation sites (tertiary alicyclic amines) is 1. The van der Waals surface area contributed by atoms with Crippen LogP contribution in [0.2, 0.25) is 0 Å². The van der Waals surface area contributed by atoms with E-state index in [0.717, 1.165) is 30.5 Å². The van der Waals surface area contributed by atoms with Gasteiger partial charge in [0.25, 0.3) is 0 Å². The van der Waals surface area contributed by atoms with Crippen LogP contribution in [0.25, 0.3) is 10.4 Å². The molecule has 0 aliphatic carbocycles. The van der Waals surface area contributed by atoms with Gasteiger partial charge in [-0.1, -0.05) is 52.0 Å². The maximum Gasteiger partial charge on any atom is 1.00 e. The van der Waals surface area contributed by atoms with Crippen molar-refractivity contribution in [3.05, 3.63) is 48.5 Å². The van der Waals surface area contributed by atoms with E-state index < -0.39 is 0 Å². The van der Waals surface area contributed by atoms with Crippen molar-refractivity contribution in [3.8, 4) is 10.4 Å². The number of benzene rings is 1. The zero-order chi connectivity index (χ0) is 24.9. The molecule has 2 amide bonds. The summed E-state index contributed by atoms with van der Waals surface area (Å²) in [7, 11) is 0. The van der Waals surface area contributed by atoms with Crippen molar-refractivity contribution in [2.24, 2.45) is 5.41 Å². The summed E-state index contributed by atoms with van der Waals surface area (Å²) < 4.78 is 0. The topological polar surface area (TPSA) is 99.6 Å². The number of aromatic nitrogens is 1. The van der Waals surface area contributed by atoms with Crippen LogP contribution in [-0.2, 0) is 20.9 Å². The van der Waals surface area contributed by atoms with Crippen LogP contribution in [0, 0.1) is 19.8 Å². The number of carbonyl (C=O) groups is 3. The summed E-state index contributed by atoms with van der Waals surface area (Å²) in [6.07, 6.45) is 3.22. The Morgan fingerprint density at radius 1 is 1.26 bits per heavy atom. The second kappa shape index (κ2) is 19.2. The van der Waals surface area contributed by atoms with Crippen LogP contribution < -0.4 is 56.7 Å². The SMILES string of the molecule is CC(C)(C)CC(=O)N1CCC(O)C1.CCC=O.Cc1ncsc1-c1ccc(CNC=O)cc1.[CH3-].[K+]. The van der Waals surface area contributed by atoms with Gasteiger partial charge in [0.15, 0.2) is 0 Å². The molecule has 190 valence electrons. The Morgan fingerprint density at radius 3 is 2.26 bits per heavy atom. The van der Waals surface area contributed by atoms with Gasteiger partial charge < -0.3 is 27.5 Å². The number of aliphatic hydroxyl groups excluding tert-OH is 1. The summed E-state index contributed by atoms with van der Waals surface area (Å²) in [5.74, 6) is 0.170. The third-order valence-corrected chi connectivity index (χ3v) is 5.69. The second-order valence-corrected chi connectivity index (χ2v) is 9.91. The van der Waals surface area contributed by atoms with Gasteiger partial charge in [0.2, 0.25) is 12.3 Å². The Bertz CT molecular complexity index is 866. The van der Waals surface area contributed by atoms with Crippen LogP contribution in [0.4, 0.5) is 0 Å². The van der Waals surface area contributed by atoms with Crippen LogP contribution in [0.15, 0.2) is 29.8 Å². The molecular formula is C26H40KN3O4S. The molecule has 1 saturated heterocycles. The standard InChI is InChI=1S/C12H12N2OS.C10H19NO2.C3H6O.CH3.K/c1-9-12(16-8-14-9)11-4-2-10(3-5-11)6-13-7-15;1-10(2,3)6-9(13)11-5-4-8(12)7-11;1-2-3-4;;/h2-5,7-8H,6H2,1H3,(H,13,15);8,12H,4-7H2,1-3H3;3H,2H2,1H3;1H3;/q;;;-1;+1. The predicted octanol–water partition coefficient (Wildman–Crippen LogP) is 1.43. The molecule has 2 N–H and O–H groups in total. The van der Waals surface area contributed by atoms with Crippen LogP contribution >= 0.6 is 11.3 Å². The molecule has 2 heterocycles. The molecule has 0 bridgehead atoms. The van der Waals surface area contributed by atoms with Gasteiger partial charge in [-0.25, -0.2) is 4.98 Å². The Hall–Kier alpha value is -0.944. The summed E-state index contributed by atoms with van der Waals surface area (Å²) in [6.45, 7) is 11.8. The Morgan fingerprint density at radius 2 is 1.86 bits per heavy atom. The number of aryl methyl sites for hydroxylation is 1. The first kappa shape index (κ1) is 36.2. The first-order chi connectivity index (χ1) is 15.6. The van der Waals surface area contributed by atoms with Crippen LogP contribution in [0.5, 0.6) is 0 Å². The molecule has 3 rings (SSSR count). The average molecular weight is 530 g/mol. The van der Waals surface area contributed by atoms with Gasteiger partial charge in [-0.2, -0.15) is 0 Å². The number of hydrogen-bond donors (Lipinski definition) is 2. The molecule has 9 heteroatoms.